The van der Waals surface area contributed by atoms with Gasteiger partial charge in [0.2, 0.25) is 0 Å². The van der Waals surface area contributed by atoms with Crippen molar-refractivity contribution >= 4 is 5.96 Å². The molecule has 0 bridgehead atoms. The number of ether oxygens (including phenoxy) is 2. The molecule has 0 aliphatic heterocycles. The van der Waals surface area contributed by atoms with Crippen LogP contribution in [0, 0.1) is 0 Å². The van der Waals surface area contributed by atoms with Gasteiger partial charge in [0.1, 0.15) is 0 Å². The van der Waals surface area contributed by atoms with Gasteiger partial charge in [-0.05, 0) is 18.4 Å². The third-order valence-corrected chi connectivity index (χ3v) is 3.69. The van der Waals surface area contributed by atoms with E-state index in [9.17, 15) is 0 Å². The van der Waals surface area contributed by atoms with Crippen LogP contribution in [0.3, 0.4) is 0 Å². The summed E-state index contributed by atoms with van der Waals surface area (Å²) in [5, 5.41) is 6.73. The Morgan fingerprint density at radius 3 is 2.57 bits per heavy atom. The standard InChI is InChI=1S/C18H31N3O2/c1-4-16(17-9-6-5-7-10-17)15-21-18(19-2)20-11-8-12-23-14-13-22-3/h5-7,9-10,16H,4,8,11-15H2,1-3H3,(H2,19,20,21). The zero-order chi connectivity index (χ0) is 16.8. The zero-order valence-corrected chi connectivity index (χ0v) is 14.7. The SMILES string of the molecule is CCC(CNC(=NC)NCCCOCCOC)c1ccccc1. The summed E-state index contributed by atoms with van der Waals surface area (Å²) in [7, 11) is 3.48. The molecule has 5 nitrogen and oxygen atoms in total. The maximum atomic E-state index is 5.44. The van der Waals surface area contributed by atoms with Crippen molar-refractivity contribution in [2.24, 2.45) is 4.99 Å². The molecule has 0 amide bonds. The van der Waals surface area contributed by atoms with E-state index in [1.165, 1.54) is 5.56 Å². The Bertz CT molecular complexity index is 424. The fourth-order valence-electron chi connectivity index (χ4n) is 2.29. The lowest BCUT2D eigenvalue weighted by atomic mass is 9.97. The van der Waals surface area contributed by atoms with Crippen molar-refractivity contribution < 1.29 is 9.47 Å². The van der Waals surface area contributed by atoms with Crippen LogP contribution in [0.15, 0.2) is 35.3 Å². The molecular formula is C18H31N3O2. The van der Waals surface area contributed by atoms with Gasteiger partial charge in [-0.15, -0.1) is 0 Å². The summed E-state index contributed by atoms with van der Waals surface area (Å²) in [5.74, 6) is 1.34. The van der Waals surface area contributed by atoms with E-state index in [1.54, 1.807) is 14.2 Å². The van der Waals surface area contributed by atoms with Crippen LogP contribution in [0.25, 0.3) is 0 Å². The third kappa shape index (κ3) is 8.57. The second kappa shape index (κ2) is 12.9. The lowest BCUT2D eigenvalue weighted by Gasteiger charge is -2.18. The number of aliphatic imine (C=N–C) groups is 1. The number of benzene rings is 1. The first kappa shape index (κ1) is 19.5. The Labute approximate surface area is 140 Å². The Morgan fingerprint density at radius 2 is 1.91 bits per heavy atom. The van der Waals surface area contributed by atoms with Crippen molar-refractivity contribution in [2.45, 2.75) is 25.7 Å². The predicted octanol–water partition coefficient (Wildman–Crippen LogP) is 2.40. The number of nitrogens with zero attached hydrogens (tertiary/aromatic N) is 1. The normalized spacial score (nSPS) is 12.9. The predicted molar refractivity (Wildman–Crippen MR) is 96.2 cm³/mol. The number of nitrogens with one attached hydrogen (secondary N) is 2. The van der Waals surface area contributed by atoms with E-state index < -0.39 is 0 Å². The van der Waals surface area contributed by atoms with Gasteiger partial charge < -0.3 is 20.1 Å². The monoisotopic (exact) mass is 321 g/mol. The van der Waals surface area contributed by atoms with Crippen LogP contribution in [0.1, 0.15) is 31.2 Å². The van der Waals surface area contributed by atoms with Crippen molar-refractivity contribution in [3.8, 4) is 0 Å². The molecule has 0 radical (unpaired) electrons. The second-order valence-corrected chi connectivity index (χ2v) is 5.35. The van der Waals surface area contributed by atoms with Crippen LogP contribution in [-0.4, -0.2) is 53.0 Å². The highest BCUT2D eigenvalue weighted by Crippen LogP contribution is 2.17. The average Bonchev–Trinajstić information content (AvgIpc) is 2.60. The van der Waals surface area contributed by atoms with E-state index in [2.05, 4.69) is 52.9 Å². The molecule has 0 spiro atoms. The zero-order valence-electron chi connectivity index (χ0n) is 14.7. The number of methoxy groups -OCH3 is 1. The molecule has 1 aromatic carbocycles. The Morgan fingerprint density at radius 1 is 1.13 bits per heavy atom. The van der Waals surface area contributed by atoms with Crippen LogP contribution in [0.4, 0.5) is 0 Å². The van der Waals surface area contributed by atoms with E-state index >= 15 is 0 Å². The van der Waals surface area contributed by atoms with Gasteiger partial charge in [0.15, 0.2) is 5.96 Å². The summed E-state index contributed by atoms with van der Waals surface area (Å²) in [6.07, 6.45) is 2.04. The topological polar surface area (TPSA) is 54.9 Å². The van der Waals surface area contributed by atoms with Gasteiger partial charge in [-0.1, -0.05) is 37.3 Å². The summed E-state index contributed by atoms with van der Waals surface area (Å²) in [6, 6.07) is 10.6. The van der Waals surface area contributed by atoms with E-state index in [4.69, 9.17) is 9.47 Å². The molecule has 0 aliphatic rings. The van der Waals surface area contributed by atoms with Crippen molar-refractivity contribution in [1.29, 1.82) is 0 Å². The summed E-state index contributed by atoms with van der Waals surface area (Å²) in [4.78, 5) is 4.27. The second-order valence-electron chi connectivity index (χ2n) is 5.35. The Hall–Kier alpha value is -1.59. The van der Waals surface area contributed by atoms with E-state index in [0.717, 1.165) is 38.5 Å². The fraction of sp³-hybridized carbons (Fsp3) is 0.611. The van der Waals surface area contributed by atoms with Crippen LogP contribution in [0.2, 0.25) is 0 Å². The van der Waals surface area contributed by atoms with Gasteiger partial charge in [-0.2, -0.15) is 0 Å². The van der Waals surface area contributed by atoms with Gasteiger partial charge >= 0.3 is 0 Å². The molecule has 130 valence electrons. The minimum Gasteiger partial charge on any atom is -0.382 e. The number of guanidine groups is 1. The van der Waals surface area contributed by atoms with Crippen molar-refractivity contribution in [3.05, 3.63) is 35.9 Å². The third-order valence-electron chi connectivity index (χ3n) is 3.69. The highest BCUT2D eigenvalue weighted by Gasteiger charge is 2.09. The molecule has 5 heteroatoms. The van der Waals surface area contributed by atoms with Crippen LogP contribution in [0.5, 0.6) is 0 Å². The van der Waals surface area contributed by atoms with Crippen LogP contribution in [-0.2, 0) is 9.47 Å². The average molecular weight is 321 g/mol. The largest absolute Gasteiger partial charge is 0.382 e. The Kier molecular flexibility index (Phi) is 10.9. The molecule has 0 heterocycles. The highest BCUT2D eigenvalue weighted by atomic mass is 16.5. The van der Waals surface area contributed by atoms with Gasteiger partial charge in [-0.3, -0.25) is 4.99 Å². The van der Waals surface area contributed by atoms with Crippen LogP contribution < -0.4 is 10.6 Å². The molecular weight excluding hydrogens is 290 g/mol. The van der Waals surface area contributed by atoms with Crippen LogP contribution >= 0.6 is 0 Å². The molecule has 2 N–H and O–H groups in total. The van der Waals surface area contributed by atoms with Gasteiger partial charge in [-0.25, -0.2) is 0 Å². The first-order chi connectivity index (χ1) is 11.3. The maximum Gasteiger partial charge on any atom is 0.190 e. The summed E-state index contributed by atoms with van der Waals surface area (Å²) in [6.45, 7) is 5.97. The van der Waals surface area contributed by atoms with E-state index in [0.29, 0.717) is 19.1 Å². The van der Waals surface area contributed by atoms with Crippen molar-refractivity contribution in [1.82, 2.24) is 10.6 Å². The molecule has 0 saturated heterocycles. The molecule has 1 unspecified atom stereocenters. The molecule has 23 heavy (non-hydrogen) atoms. The molecule has 1 atom stereocenters. The number of hydrogen-bond donors (Lipinski definition) is 2. The maximum absolute atomic E-state index is 5.44. The highest BCUT2D eigenvalue weighted by molar-refractivity contribution is 5.79. The smallest absolute Gasteiger partial charge is 0.190 e. The Balaban J connectivity index is 2.23. The molecule has 0 fully saturated rings. The quantitative estimate of drug-likeness (QED) is 0.373. The minimum absolute atomic E-state index is 0.493. The molecule has 1 aromatic rings. The summed E-state index contributed by atoms with van der Waals surface area (Å²) < 4.78 is 10.4. The van der Waals surface area contributed by atoms with E-state index in [-0.39, 0.29) is 0 Å². The summed E-state index contributed by atoms with van der Waals surface area (Å²) >= 11 is 0. The molecule has 0 aliphatic carbocycles. The lowest BCUT2D eigenvalue weighted by molar-refractivity contribution is 0.0698. The van der Waals surface area contributed by atoms with Gasteiger partial charge in [0, 0.05) is 39.8 Å². The fourth-order valence-corrected chi connectivity index (χ4v) is 2.29. The first-order valence-electron chi connectivity index (χ1n) is 8.38. The molecule has 1 rings (SSSR count). The van der Waals surface area contributed by atoms with E-state index in [1.807, 2.05) is 0 Å². The van der Waals surface area contributed by atoms with Gasteiger partial charge in [0.05, 0.1) is 13.2 Å². The van der Waals surface area contributed by atoms with Crippen molar-refractivity contribution in [3.63, 3.8) is 0 Å². The minimum atomic E-state index is 0.493. The lowest BCUT2D eigenvalue weighted by Crippen LogP contribution is -2.40. The van der Waals surface area contributed by atoms with Crippen molar-refractivity contribution in [2.75, 3.05) is 47.1 Å². The summed E-state index contributed by atoms with van der Waals surface area (Å²) in [5.41, 5.74) is 1.37. The number of rotatable bonds is 11. The number of hydrogen-bond acceptors (Lipinski definition) is 3. The molecule has 0 saturated carbocycles. The van der Waals surface area contributed by atoms with Gasteiger partial charge in [0.25, 0.3) is 0 Å². The first-order valence-corrected chi connectivity index (χ1v) is 8.38. The molecule has 0 aromatic heterocycles.